The van der Waals surface area contributed by atoms with Crippen molar-refractivity contribution < 1.29 is 71.4 Å². The summed E-state index contributed by atoms with van der Waals surface area (Å²) in [5.41, 5.74) is 0.458. The van der Waals surface area contributed by atoms with Gasteiger partial charge in [0.1, 0.15) is 56.9 Å². The van der Waals surface area contributed by atoms with Crippen molar-refractivity contribution in [1.29, 1.82) is 0 Å². The van der Waals surface area contributed by atoms with Gasteiger partial charge in [-0.25, -0.2) is 28.8 Å². The van der Waals surface area contributed by atoms with Gasteiger partial charge >= 0.3 is 36.4 Å². The van der Waals surface area contributed by atoms with Crippen LogP contribution in [0.3, 0.4) is 0 Å². The van der Waals surface area contributed by atoms with Gasteiger partial charge < -0.3 is 42.6 Å². The van der Waals surface area contributed by atoms with Crippen LogP contribution in [0, 0.1) is 0 Å². The van der Waals surface area contributed by atoms with Crippen LogP contribution < -0.4 is 14.2 Å². The molecule has 0 aliphatic carbocycles. The van der Waals surface area contributed by atoms with Crippen LogP contribution in [0.4, 0.5) is 14.4 Å². The van der Waals surface area contributed by atoms with Crippen LogP contribution in [0.25, 0.3) is 0 Å². The van der Waals surface area contributed by atoms with Crippen molar-refractivity contribution in [2.45, 2.75) is 20.8 Å². The van der Waals surface area contributed by atoms with Gasteiger partial charge in [0, 0.05) is 34.9 Å². The summed E-state index contributed by atoms with van der Waals surface area (Å²) in [4.78, 5) is 70.2. The average molecular weight is 595 g/mol. The number of hydrogen-bond donors (Lipinski definition) is 0. The van der Waals surface area contributed by atoms with Crippen molar-refractivity contribution in [2.75, 3.05) is 39.6 Å². The molecule has 0 unspecified atom stereocenters. The summed E-state index contributed by atoms with van der Waals surface area (Å²) in [5.74, 6) is -2.96. The Balaban J connectivity index is 2.82. The van der Waals surface area contributed by atoms with Crippen molar-refractivity contribution in [2.24, 2.45) is 0 Å². The third-order valence-electron chi connectivity index (χ3n) is 4.11. The summed E-state index contributed by atoms with van der Waals surface area (Å²) in [6.45, 7) is 12.6. The van der Waals surface area contributed by atoms with E-state index in [0.717, 1.165) is 18.2 Å². The zero-order chi connectivity index (χ0) is 31.7. The highest BCUT2D eigenvalue weighted by Gasteiger charge is 2.16. The SMILES string of the molecule is C=C(C)C(=O)OCCOC(=O)Oc1cc(OC(=O)OCCOC(=O)C(=C)C)cc(OC(=O)OCCOC(=O)C(=C)C)c1. The molecular weight excluding hydrogens is 564 g/mol. The van der Waals surface area contributed by atoms with Crippen molar-refractivity contribution >= 4 is 36.4 Å². The quantitative estimate of drug-likeness (QED) is 0.0942. The van der Waals surface area contributed by atoms with E-state index in [1.54, 1.807) is 0 Å². The molecule has 0 radical (unpaired) electrons. The van der Waals surface area contributed by atoms with Crippen LogP contribution in [-0.4, -0.2) is 76.0 Å². The highest BCUT2D eigenvalue weighted by atomic mass is 16.7. The van der Waals surface area contributed by atoms with E-state index < -0.39 is 36.4 Å². The van der Waals surface area contributed by atoms with Gasteiger partial charge in [-0.2, -0.15) is 0 Å². The third-order valence-corrected chi connectivity index (χ3v) is 4.11. The van der Waals surface area contributed by atoms with Crippen LogP contribution >= 0.6 is 0 Å². The van der Waals surface area contributed by atoms with E-state index in [4.69, 9.17) is 42.6 Å². The highest BCUT2D eigenvalue weighted by molar-refractivity contribution is 5.87. The van der Waals surface area contributed by atoms with Gasteiger partial charge in [0.05, 0.1) is 0 Å². The highest BCUT2D eigenvalue weighted by Crippen LogP contribution is 2.29. The Morgan fingerprint density at radius 2 is 0.667 bits per heavy atom. The Labute approximate surface area is 240 Å². The molecule has 0 N–H and O–H groups in total. The summed E-state index contributed by atoms with van der Waals surface area (Å²) in [6, 6.07) is 3.17. The average Bonchev–Trinajstić information content (AvgIpc) is 2.90. The van der Waals surface area contributed by atoms with Crippen LogP contribution in [0.15, 0.2) is 54.7 Å². The summed E-state index contributed by atoms with van der Waals surface area (Å²) in [7, 11) is 0. The molecule has 0 bridgehead atoms. The lowest BCUT2D eigenvalue weighted by Crippen LogP contribution is -2.18. The molecule has 0 spiro atoms. The van der Waals surface area contributed by atoms with Gasteiger partial charge in [-0.3, -0.25) is 0 Å². The number of hydrogen-bond acceptors (Lipinski definition) is 15. The van der Waals surface area contributed by atoms with E-state index in [1.165, 1.54) is 20.8 Å². The van der Waals surface area contributed by atoms with E-state index in [2.05, 4.69) is 19.7 Å². The second-order valence-corrected chi connectivity index (χ2v) is 7.99. The standard InChI is InChI=1S/C27H30O15/c1-16(2)22(28)34-7-10-37-25(31)40-19-13-20(41-26(32)38-11-8-35-23(29)17(3)4)15-21(14-19)42-27(33)39-12-9-36-24(30)18(5)6/h13-15H,1,3,5,7-12H2,2,4,6H3. The Morgan fingerprint density at radius 1 is 0.452 bits per heavy atom. The lowest BCUT2D eigenvalue weighted by molar-refractivity contribution is -0.140. The smallest absolute Gasteiger partial charge is 0.459 e. The topological polar surface area (TPSA) is 185 Å². The monoisotopic (exact) mass is 594 g/mol. The Morgan fingerprint density at radius 3 is 0.881 bits per heavy atom. The number of carbonyl (C=O) groups is 6. The normalized spacial score (nSPS) is 9.79. The lowest BCUT2D eigenvalue weighted by Gasteiger charge is -2.12. The second kappa shape index (κ2) is 18.1. The fourth-order valence-corrected chi connectivity index (χ4v) is 2.25. The van der Waals surface area contributed by atoms with Crippen molar-refractivity contribution in [1.82, 2.24) is 0 Å². The van der Waals surface area contributed by atoms with E-state index in [1.807, 2.05) is 0 Å². The maximum absolute atomic E-state index is 12.1. The van der Waals surface area contributed by atoms with Gasteiger partial charge in [0.25, 0.3) is 0 Å². The molecule has 42 heavy (non-hydrogen) atoms. The van der Waals surface area contributed by atoms with Crippen LogP contribution in [0.1, 0.15) is 20.8 Å². The molecule has 0 aromatic heterocycles. The molecule has 0 saturated heterocycles. The maximum atomic E-state index is 12.1. The first kappa shape index (κ1) is 34.7. The maximum Gasteiger partial charge on any atom is 0.513 e. The Hall–Kier alpha value is -5.34. The van der Waals surface area contributed by atoms with Gasteiger partial charge in [0.15, 0.2) is 0 Å². The summed E-state index contributed by atoms with van der Waals surface area (Å²) >= 11 is 0. The zero-order valence-electron chi connectivity index (χ0n) is 23.2. The Bertz CT molecular complexity index is 1050. The first-order chi connectivity index (χ1) is 19.8. The molecule has 1 aromatic rings. The number of rotatable bonds is 15. The van der Waals surface area contributed by atoms with E-state index >= 15 is 0 Å². The molecule has 0 saturated carbocycles. The predicted molar refractivity (Wildman–Crippen MR) is 140 cm³/mol. The van der Waals surface area contributed by atoms with Crippen LogP contribution in [0.2, 0.25) is 0 Å². The van der Waals surface area contributed by atoms with E-state index in [-0.39, 0.29) is 73.6 Å². The molecule has 1 aromatic carbocycles. The van der Waals surface area contributed by atoms with Crippen molar-refractivity contribution in [3.8, 4) is 17.2 Å². The van der Waals surface area contributed by atoms with Crippen LogP contribution in [-0.2, 0) is 42.8 Å². The second-order valence-electron chi connectivity index (χ2n) is 7.99. The van der Waals surface area contributed by atoms with Crippen LogP contribution in [0.5, 0.6) is 17.2 Å². The van der Waals surface area contributed by atoms with Gasteiger partial charge in [0.2, 0.25) is 0 Å². The molecule has 0 aliphatic heterocycles. The van der Waals surface area contributed by atoms with E-state index in [0.29, 0.717) is 0 Å². The van der Waals surface area contributed by atoms with E-state index in [9.17, 15) is 28.8 Å². The molecule has 0 atom stereocenters. The summed E-state index contributed by atoms with van der Waals surface area (Å²) in [6.07, 6.45) is -3.73. The minimum absolute atomic E-state index is 0.153. The van der Waals surface area contributed by atoms with Crippen molar-refractivity contribution in [3.63, 3.8) is 0 Å². The molecule has 0 fully saturated rings. The first-order valence-corrected chi connectivity index (χ1v) is 11.9. The molecular formula is C27H30O15. The number of carbonyl (C=O) groups excluding carboxylic acids is 6. The van der Waals surface area contributed by atoms with Gasteiger partial charge in [-0.1, -0.05) is 19.7 Å². The number of ether oxygens (including phenoxy) is 9. The fraction of sp³-hybridized carbons (Fsp3) is 0.333. The summed E-state index contributed by atoms with van der Waals surface area (Å²) in [5, 5.41) is 0. The lowest BCUT2D eigenvalue weighted by atomic mass is 10.3. The molecule has 228 valence electrons. The predicted octanol–water partition coefficient (Wildman–Crippen LogP) is 3.59. The largest absolute Gasteiger partial charge is 0.513 e. The van der Waals surface area contributed by atoms with Gasteiger partial charge in [-0.05, 0) is 20.8 Å². The summed E-state index contributed by atoms with van der Waals surface area (Å²) < 4.78 is 43.7. The minimum Gasteiger partial charge on any atom is -0.459 e. The minimum atomic E-state index is -1.24. The molecule has 0 aliphatic rings. The number of benzene rings is 1. The van der Waals surface area contributed by atoms with Crippen molar-refractivity contribution in [3.05, 3.63) is 54.7 Å². The molecule has 15 nitrogen and oxygen atoms in total. The Kier molecular flexibility index (Phi) is 14.9. The molecule has 1 rings (SSSR count). The fourth-order valence-electron chi connectivity index (χ4n) is 2.25. The zero-order valence-corrected chi connectivity index (χ0v) is 23.2. The third kappa shape index (κ3) is 14.7. The van der Waals surface area contributed by atoms with Gasteiger partial charge in [-0.15, -0.1) is 0 Å². The molecule has 0 amide bonds. The number of esters is 3. The molecule has 0 heterocycles. The molecule has 15 heteroatoms. The first-order valence-electron chi connectivity index (χ1n) is 11.9.